The standard InChI is InChI=1S/C27H38N2O2/c1-27(2,19-11-15-21(16-12-19)28-23-7-3-5-9-25(23)30)20-13-17-22(18-14-20)29-24-8-4-6-10-26(24)31/h3-10,19-22,28-31H,11-18H2,1-2H3/p+1. The summed E-state index contributed by atoms with van der Waals surface area (Å²) in [4.78, 5) is 0. The molecule has 0 spiro atoms. The minimum absolute atomic E-state index is 0.349. The van der Waals surface area contributed by atoms with Crippen LogP contribution in [0.15, 0.2) is 48.5 Å². The van der Waals surface area contributed by atoms with E-state index in [1.165, 1.54) is 51.4 Å². The molecule has 2 saturated carbocycles. The number of anilines is 1. The van der Waals surface area contributed by atoms with Crippen LogP contribution in [-0.4, -0.2) is 22.3 Å². The van der Waals surface area contributed by atoms with E-state index in [0.29, 0.717) is 29.0 Å². The van der Waals surface area contributed by atoms with Crippen molar-refractivity contribution in [3.8, 4) is 11.5 Å². The Morgan fingerprint density at radius 1 is 0.742 bits per heavy atom. The quantitative estimate of drug-likeness (QED) is 0.364. The Labute approximate surface area is 187 Å². The largest absolute Gasteiger partial charge is 0.506 e. The average molecular weight is 424 g/mol. The Kier molecular flexibility index (Phi) is 6.76. The molecule has 0 heterocycles. The predicted octanol–water partition coefficient (Wildman–Crippen LogP) is 5.55. The summed E-state index contributed by atoms with van der Waals surface area (Å²) in [6, 6.07) is 16.3. The summed E-state index contributed by atoms with van der Waals surface area (Å²) in [5, 5.41) is 26.0. The minimum Gasteiger partial charge on any atom is -0.506 e. The maximum atomic E-state index is 10.1. The molecule has 0 aromatic heterocycles. The van der Waals surface area contributed by atoms with Crippen LogP contribution in [0.25, 0.3) is 0 Å². The third-order valence-corrected chi connectivity index (χ3v) is 8.22. The molecule has 4 heteroatoms. The second-order valence-electron chi connectivity index (χ2n) is 10.4. The lowest BCUT2D eigenvalue weighted by atomic mass is 9.60. The summed E-state index contributed by atoms with van der Waals surface area (Å²) in [5.74, 6) is 2.31. The van der Waals surface area contributed by atoms with Crippen molar-refractivity contribution in [1.82, 2.24) is 0 Å². The molecule has 0 aliphatic heterocycles. The number of nitrogens with two attached hydrogens (primary N) is 1. The van der Waals surface area contributed by atoms with Crippen LogP contribution in [0, 0.1) is 17.3 Å². The van der Waals surface area contributed by atoms with Gasteiger partial charge in [0.05, 0.1) is 11.7 Å². The number of phenolic OH excluding ortho intramolecular Hbond substituents is 2. The molecule has 2 aliphatic carbocycles. The summed E-state index contributed by atoms with van der Waals surface area (Å²) in [5.41, 5.74) is 2.23. The molecule has 2 aliphatic rings. The van der Waals surface area contributed by atoms with Gasteiger partial charge in [0, 0.05) is 12.1 Å². The molecular formula is C27H39N2O2+. The summed E-state index contributed by atoms with van der Waals surface area (Å²) >= 11 is 0. The molecule has 31 heavy (non-hydrogen) atoms. The Morgan fingerprint density at radius 3 is 1.90 bits per heavy atom. The number of phenols is 2. The van der Waals surface area contributed by atoms with Gasteiger partial charge in [-0.3, -0.25) is 0 Å². The lowest BCUT2D eigenvalue weighted by Gasteiger charge is -2.46. The first-order valence-electron chi connectivity index (χ1n) is 12.1. The Balaban J connectivity index is 1.27. The number of hydrogen-bond donors (Lipinski definition) is 4. The number of nitrogens with one attached hydrogen (secondary N) is 1. The molecule has 0 saturated heterocycles. The number of para-hydroxylation sites is 4. The molecule has 4 rings (SSSR count). The zero-order valence-corrected chi connectivity index (χ0v) is 19.1. The smallest absolute Gasteiger partial charge is 0.177 e. The molecule has 4 nitrogen and oxygen atoms in total. The van der Waals surface area contributed by atoms with Crippen molar-refractivity contribution in [2.75, 3.05) is 5.32 Å². The first kappa shape index (κ1) is 22.0. The third-order valence-electron chi connectivity index (χ3n) is 8.22. The van der Waals surface area contributed by atoms with Gasteiger partial charge < -0.3 is 20.8 Å². The van der Waals surface area contributed by atoms with Crippen LogP contribution in [0.5, 0.6) is 11.5 Å². The highest BCUT2D eigenvalue weighted by molar-refractivity contribution is 5.55. The van der Waals surface area contributed by atoms with E-state index in [-0.39, 0.29) is 0 Å². The van der Waals surface area contributed by atoms with Gasteiger partial charge in [-0.2, -0.15) is 0 Å². The first-order valence-corrected chi connectivity index (χ1v) is 12.1. The number of rotatable bonds is 6. The van der Waals surface area contributed by atoms with Crippen LogP contribution >= 0.6 is 0 Å². The van der Waals surface area contributed by atoms with E-state index in [0.717, 1.165) is 23.2 Å². The summed E-state index contributed by atoms with van der Waals surface area (Å²) < 4.78 is 0. The van der Waals surface area contributed by atoms with Gasteiger partial charge in [-0.1, -0.05) is 38.1 Å². The molecule has 0 radical (unpaired) electrons. The van der Waals surface area contributed by atoms with E-state index in [2.05, 4.69) is 24.5 Å². The molecule has 2 aromatic carbocycles. The fourth-order valence-electron chi connectivity index (χ4n) is 6.04. The van der Waals surface area contributed by atoms with Crippen LogP contribution < -0.4 is 10.6 Å². The second kappa shape index (κ2) is 9.52. The normalized spacial score (nSPS) is 27.0. The number of benzene rings is 2. The van der Waals surface area contributed by atoms with E-state index in [1.54, 1.807) is 12.1 Å². The average Bonchev–Trinajstić information content (AvgIpc) is 2.78. The van der Waals surface area contributed by atoms with Crippen molar-refractivity contribution in [3.05, 3.63) is 48.5 Å². The van der Waals surface area contributed by atoms with E-state index in [1.807, 2.05) is 36.4 Å². The van der Waals surface area contributed by atoms with Gasteiger partial charge in [-0.15, -0.1) is 0 Å². The van der Waals surface area contributed by atoms with Gasteiger partial charge in [-0.25, -0.2) is 0 Å². The zero-order valence-electron chi connectivity index (χ0n) is 19.1. The highest BCUT2D eigenvalue weighted by Gasteiger charge is 2.41. The first-order chi connectivity index (χ1) is 14.9. The Morgan fingerprint density at radius 2 is 1.29 bits per heavy atom. The number of aromatic hydroxyl groups is 2. The summed E-state index contributed by atoms with van der Waals surface area (Å²) in [7, 11) is 0. The zero-order chi connectivity index (χ0) is 21.8. The van der Waals surface area contributed by atoms with E-state index in [9.17, 15) is 10.2 Å². The lowest BCUT2D eigenvalue weighted by Crippen LogP contribution is -2.85. The second-order valence-corrected chi connectivity index (χ2v) is 10.4. The van der Waals surface area contributed by atoms with Crippen molar-refractivity contribution < 1.29 is 15.5 Å². The number of hydrogen-bond acceptors (Lipinski definition) is 3. The van der Waals surface area contributed by atoms with Gasteiger partial charge in [0.1, 0.15) is 5.75 Å². The molecule has 0 bridgehead atoms. The van der Waals surface area contributed by atoms with Gasteiger partial charge in [0.15, 0.2) is 11.4 Å². The van der Waals surface area contributed by atoms with Gasteiger partial charge in [-0.05, 0) is 86.8 Å². The molecule has 168 valence electrons. The third kappa shape index (κ3) is 5.17. The van der Waals surface area contributed by atoms with Crippen molar-refractivity contribution in [3.63, 3.8) is 0 Å². The molecule has 0 atom stereocenters. The van der Waals surface area contributed by atoms with Crippen molar-refractivity contribution in [1.29, 1.82) is 0 Å². The van der Waals surface area contributed by atoms with Crippen LogP contribution in [-0.2, 0) is 0 Å². The molecule has 0 unspecified atom stereocenters. The lowest BCUT2D eigenvalue weighted by molar-refractivity contribution is -0.615. The molecular weight excluding hydrogens is 384 g/mol. The highest BCUT2D eigenvalue weighted by Crippen LogP contribution is 2.48. The van der Waals surface area contributed by atoms with E-state index >= 15 is 0 Å². The van der Waals surface area contributed by atoms with Gasteiger partial charge in [0.2, 0.25) is 0 Å². The van der Waals surface area contributed by atoms with Crippen molar-refractivity contribution >= 4 is 11.4 Å². The SMILES string of the molecule is CC(C)(C1CCC(Nc2ccccc2O)CC1)C1CCC([NH2+]c2ccccc2O)CC1. The number of quaternary nitrogens is 1. The van der Waals surface area contributed by atoms with Crippen molar-refractivity contribution in [2.45, 2.75) is 77.3 Å². The fourth-order valence-corrected chi connectivity index (χ4v) is 6.04. The monoisotopic (exact) mass is 423 g/mol. The van der Waals surface area contributed by atoms with Crippen LogP contribution in [0.4, 0.5) is 11.4 Å². The molecule has 0 amide bonds. The van der Waals surface area contributed by atoms with Crippen LogP contribution in [0.2, 0.25) is 0 Å². The molecule has 2 aromatic rings. The minimum atomic E-state index is 0.349. The summed E-state index contributed by atoms with van der Waals surface area (Å²) in [6.07, 6.45) is 9.93. The van der Waals surface area contributed by atoms with Gasteiger partial charge >= 0.3 is 0 Å². The van der Waals surface area contributed by atoms with Crippen LogP contribution in [0.1, 0.15) is 65.2 Å². The summed E-state index contributed by atoms with van der Waals surface area (Å²) in [6.45, 7) is 5.01. The van der Waals surface area contributed by atoms with E-state index in [4.69, 9.17) is 0 Å². The van der Waals surface area contributed by atoms with Crippen molar-refractivity contribution in [2.24, 2.45) is 17.3 Å². The maximum Gasteiger partial charge on any atom is 0.177 e. The van der Waals surface area contributed by atoms with Crippen LogP contribution in [0.3, 0.4) is 0 Å². The predicted molar refractivity (Wildman–Crippen MR) is 127 cm³/mol. The highest BCUT2D eigenvalue weighted by atomic mass is 16.3. The topological polar surface area (TPSA) is 69.1 Å². The Bertz CT molecular complexity index is 780. The molecule has 5 N–H and O–H groups in total. The Hall–Kier alpha value is -2.20. The van der Waals surface area contributed by atoms with Gasteiger partial charge in [0.25, 0.3) is 0 Å². The maximum absolute atomic E-state index is 10.1. The van der Waals surface area contributed by atoms with E-state index < -0.39 is 0 Å². The fraction of sp³-hybridized carbons (Fsp3) is 0.556. The molecule has 2 fully saturated rings.